The first kappa shape index (κ1) is 15.1. The highest BCUT2D eigenvalue weighted by Crippen LogP contribution is 2.30. The third-order valence-corrected chi connectivity index (χ3v) is 3.58. The smallest absolute Gasteiger partial charge is 0.239 e. The molecule has 106 valence electrons. The highest BCUT2D eigenvalue weighted by molar-refractivity contribution is 9.11. The lowest BCUT2D eigenvalue weighted by Gasteiger charge is -2.13. The van der Waals surface area contributed by atoms with Gasteiger partial charge in [0.2, 0.25) is 5.88 Å². The number of halogens is 2. The molecule has 0 fully saturated rings. The minimum Gasteiger partial charge on any atom is -0.473 e. The largest absolute Gasteiger partial charge is 0.473 e. The molecular weight excluding hydrogens is 386 g/mol. The molecule has 0 saturated heterocycles. The third-order valence-electron chi connectivity index (χ3n) is 2.43. The van der Waals surface area contributed by atoms with E-state index >= 15 is 0 Å². The molecule has 0 amide bonds. The standard InChI is InChI=1S/C14H15Br2N3O/c1-8(2)20-14-11(17)4-6-13(19-14)18-12-5-3-9(15)7-10(12)16/h3-8H,17H2,1-2H3,(H,18,19). The third kappa shape index (κ3) is 3.86. The number of pyridine rings is 1. The second-order valence-corrected chi connectivity index (χ2v) is 6.28. The molecule has 0 unspecified atom stereocenters. The van der Waals surface area contributed by atoms with Gasteiger partial charge in [0.05, 0.1) is 17.5 Å². The Balaban J connectivity index is 2.25. The Kier molecular flexibility index (Phi) is 4.88. The molecule has 0 spiro atoms. The van der Waals surface area contributed by atoms with Crippen molar-refractivity contribution in [1.29, 1.82) is 0 Å². The lowest BCUT2D eigenvalue weighted by Crippen LogP contribution is -2.09. The normalized spacial score (nSPS) is 10.7. The van der Waals surface area contributed by atoms with Crippen molar-refractivity contribution in [2.45, 2.75) is 20.0 Å². The van der Waals surface area contributed by atoms with Gasteiger partial charge in [-0.25, -0.2) is 0 Å². The van der Waals surface area contributed by atoms with Crippen LogP contribution in [-0.2, 0) is 0 Å². The molecule has 0 atom stereocenters. The summed E-state index contributed by atoms with van der Waals surface area (Å²) in [6.45, 7) is 3.87. The fourth-order valence-corrected chi connectivity index (χ4v) is 2.71. The van der Waals surface area contributed by atoms with Crippen molar-refractivity contribution in [2.75, 3.05) is 11.1 Å². The zero-order chi connectivity index (χ0) is 14.7. The highest BCUT2D eigenvalue weighted by Gasteiger charge is 2.08. The zero-order valence-electron chi connectivity index (χ0n) is 11.2. The Morgan fingerprint density at radius 1 is 1.20 bits per heavy atom. The number of benzene rings is 1. The van der Waals surface area contributed by atoms with E-state index in [1.54, 1.807) is 6.07 Å². The fourth-order valence-electron chi connectivity index (χ4n) is 1.57. The number of nitrogens with zero attached hydrogens (tertiary/aromatic N) is 1. The summed E-state index contributed by atoms with van der Waals surface area (Å²) in [6, 6.07) is 9.47. The average molecular weight is 401 g/mol. The topological polar surface area (TPSA) is 60.2 Å². The lowest BCUT2D eigenvalue weighted by molar-refractivity contribution is 0.234. The van der Waals surface area contributed by atoms with E-state index in [9.17, 15) is 0 Å². The summed E-state index contributed by atoms with van der Waals surface area (Å²) >= 11 is 6.92. The van der Waals surface area contributed by atoms with Crippen molar-refractivity contribution in [3.8, 4) is 5.88 Å². The molecule has 0 aliphatic carbocycles. The van der Waals surface area contributed by atoms with Crippen molar-refractivity contribution in [3.63, 3.8) is 0 Å². The van der Waals surface area contributed by atoms with Crippen molar-refractivity contribution in [2.24, 2.45) is 0 Å². The van der Waals surface area contributed by atoms with Gasteiger partial charge in [0.15, 0.2) is 0 Å². The van der Waals surface area contributed by atoms with E-state index in [2.05, 4.69) is 42.2 Å². The molecule has 0 radical (unpaired) electrons. The molecule has 0 aliphatic rings. The second kappa shape index (κ2) is 6.45. The predicted molar refractivity (Wildman–Crippen MR) is 89.5 cm³/mol. The number of ether oxygens (including phenoxy) is 1. The lowest BCUT2D eigenvalue weighted by atomic mass is 10.3. The first-order chi connectivity index (χ1) is 9.45. The van der Waals surface area contributed by atoms with E-state index in [4.69, 9.17) is 10.5 Å². The van der Waals surface area contributed by atoms with Gasteiger partial charge in [0.1, 0.15) is 5.82 Å². The molecule has 3 N–H and O–H groups in total. The zero-order valence-corrected chi connectivity index (χ0v) is 14.3. The van der Waals surface area contributed by atoms with Gasteiger partial charge in [0.25, 0.3) is 0 Å². The number of nitrogens with one attached hydrogen (secondary N) is 1. The van der Waals surface area contributed by atoms with Crippen molar-refractivity contribution in [3.05, 3.63) is 39.3 Å². The quantitative estimate of drug-likeness (QED) is 0.779. The molecule has 4 nitrogen and oxygen atoms in total. The minimum atomic E-state index is 0.0273. The van der Waals surface area contributed by atoms with E-state index in [0.717, 1.165) is 14.6 Å². The van der Waals surface area contributed by atoms with E-state index in [-0.39, 0.29) is 6.10 Å². The first-order valence-electron chi connectivity index (χ1n) is 6.11. The Labute approximate surface area is 135 Å². The van der Waals surface area contributed by atoms with Crippen molar-refractivity contribution in [1.82, 2.24) is 4.98 Å². The SMILES string of the molecule is CC(C)Oc1nc(Nc2ccc(Br)cc2Br)ccc1N. The molecule has 20 heavy (non-hydrogen) atoms. The van der Waals surface area contributed by atoms with Crippen LogP contribution in [-0.4, -0.2) is 11.1 Å². The summed E-state index contributed by atoms with van der Waals surface area (Å²) < 4.78 is 7.52. The fraction of sp³-hybridized carbons (Fsp3) is 0.214. The Morgan fingerprint density at radius 2 is 1.95 bits per heavy atom. The van der Waals surface area contributed by atoms with Gasteiger partial charge in [-0.2, -0.15) is 4.98 Å². The number of anilines is 3. The van der Waals surface area contributed by atoms with Gasteiger partial charge < -0.3 is 15.8 Å². The average Bonchev–Trinajstić information content (AvgIpc) is 2.36. The van der Waals surface area contributed by atoms with Gasteiger partial charge in [-0.1, -0.05) is 15.9 Å². The monoisotopic (exact) mass is 399 g/mol. The van der Waals surface area contributed by atoms with Crippen LogP contribution in [0, 0.1) is 0 Å². The van der Waals surface area contributed by atoms with Crippen molar-refractivity contribution >= 4 is 49.1 Å². The molecule has 2 aromatic rings. The molecule has 0 aliphatic heterocycles. The summed E-state index contributed by atoms with van der Waals surface area (Å²) in [5, 5.41) is 3.23. The van der Waals surface area contributed by atoms with Crippen LogP contribution in [0.1, 0.15) is 13.8 Å². The predicted octanol–water partition coefficient (Wildman–Crippen LogP) is 4.72. The van der Waals surface area contributed by atoms with Gasteiger partial charge in [-0.3, -0.25) is 0 Å². The van der Waals surface area contributed by atoms with Crippen LogP contribution in [0.15, 0.2) is 39.3 Å². The summed E-state index contributed by atoms with van der Waals surface area (Å²) in [5.41, 5.74) is 7.29. The van der Waals surface area contributed by atoms with Crippen LogP contribution in [0.3, 0.4) is 0 Å². The van der Waals surface area contributed by atoms with Gasteiger partial charge >= 0.3 is 0 Å². The molecule has 2 rings (SSSR count). The number of rotatable bonds is 4. The van der Waals surface area contributed by atoms with Crippen molar-refractivity contribution < 1.29 is 4.74 Å². The molecule has 1 heterocycles. The number of aromatic nitrogens is 1. The van der Waals surface area contributed by atoms with E-state index < -0.39 is 0 Å². The molecule has 1 aromatic carbocycles. The molecule has 1 aromatic heterocycles. The molecular formula is C14H15Br2N3O. The number of hydrogen-bond donors (Lipinski definition) is 2. The Hall–Kier alpha value is -1.27. The van der Waals surface area contributed by atoms with Gasteiger partial charge in [-0.15, -0.1) is 0 Å². The van der Waals surface area contributed by atoms with Crippen LogP contribution in [0.5, 0.6) is 5.88 Å². The van der Waals surface area contributed by atoms with Crippen LogP contribution >= 0.6 is 31.9 Å². The van der Waals surface area contributed by atoms with E-state index in [0.29, 0.717) is 17.4 Å². The number of hydrogen-bond acceptors (Lipinski definition) is 4. The maximum absolute atomic E-state index is 5.85. The minimum absolute atomic E-state index is 0.0273. The first-order valence-corrected chi connectivity index (χ1v) is 7.69. The van der Waals surface area contributed by atoms with E-state index in [1.807, 2.05) is 38.1 Å². The van der Waals surface area contributed by atoms with Crippen LogP contribution in [0.2, 0.25) is 0 Å². The van der Waals surface area contributed by atoms with E-state index in [1.165, 1.54) is 0 Å². The summed E-state index contributed by atoms with van der Waals surface area (Å²) in [7, 11) is 0. The summed E-state index contributed by atoms with van der Waals surface area (Å²) in [5.74, 6) is 1.12. The van der Waals surface area contributed by atoms with Gasteiger partial charge in [-0.05, 0) is 60.1 Å². The maximum atomic E-state index is 5.85. The number of nitrogen functional groups attached to an aromatic ring is 1. The Morgan fingerprint density at radius 3 is 2.60 bits per heavy atom. The van der Waals surface area contributed by atoms with Crippen LogP contribution < -0.4 is 15.8 Å². The highest BCUT2D eigenvalue weighted by atomic mass is 79.9. The second-order valence-electron chi connectivity index (χ2n) is 4.51. The van der Waals surface area contributed by atoms with Crippen LogP contribution in [0.25, 0.3) is 0 Å². The number of nitrogens with two attached hydrogens (primary N) is 1. The maximum Gasteiger partial charge on any atom is 0.239 e. The Bertz CT molecular complexity index is 617. The summed E-state index contributed by atoms with van der Waals surface area (Å²) in [6.07, 6.45) is 0.0273. The molecule has 0 saturated carbocycles. The summed E-state index contributed by atoms with van der Waals surface area (Å²) in [4.78, 5) is 4.38. The molecule has 6 heteroatoms. The van der Waals surface area contributed by atoms with Gasteiger partial charge in [0, 0.05) is 8.95 Å². The molecule has 0 bridgehead atoms. The van der Waals surface area contributed by atoms with Crippen LogP contribution in [0.4, 0.5) is 17.2 Å².